The van der Waals surface area contributed by atoms with Crippen molar-refractivity contribution in [1.29, 1.82) is 0 Å². The Hall–Kier alpha value is -15.0. The molecule has 6 atom stereocenters. The van der Waals surface area contributed by atoms with Gasteiger partial charge in [0, 0.05) is 37.8 Å². The number of halogens is 3. The van der Waals surface area contributed by atoms with Gasteiger partial charge in [0.2, 0.25) is 0 Å². The van der Waals surface area contributed by atoms with E-state index in [1.54, 1.807) is 110 Å². The van der Waals surface area contributed by atoms with E-state index < -0.39 is 80.4 Å². The highest BCUT2D eigenvalue weighted by atomic mass is 19.1. The first-order chi connectivity index (χ1) is 61.0. The van der Waals surface area contributed by atoms with Crippen molar-refractivity contribution in [3.63, 3.8) is 0 Å². The van der Waals surface area contributed by atoms with Crippen LogP contribution in [0.25, 0.3) is 0 Å². The SMILES string of the molecule is CC1CCC(c2ccc(F)cc2)N(C(=O)C(=O)O)C1.COc1cc(N)cnc1NC(=O)OC(C)(C)C.COc1cc(NC(=O)C(=O)N2C[C@H](C)CC[C@H]2c2ccc(F)cc2)cnc1N.COc1cc(NC(=O)C(=O)N2C[C@H](C)CC[C@H]2c2ccc(F)cc2)cnc1NC(=O)OC(C)(C)C.COc1cc([N+](=O)[O-])cnc1N.COc1cc([N+](=O)[O-])cnc1NC(=O)OC(C)(C)C. The summed E-state index contributed by atoms with van der Waals surface area (Å²) < 4.78 is 80.0. The summed E-state index contributed by atoms with van der Waals surface area (Å²) in [6, 6.07) is 23.9. The summed E-state index contributed by atoms with van der Waals surface area (Å²) in [5, 5.41) is 42.2. The number of methoxy groups -OCH3 is 5. The van der Waals surface area contributed by atoms with Crippen LogP contribution in [0.4, 0.5) is 85.1 Å². The predicted octanol–water partition coefficient (Wildman–Crippen LogP) is 14.4. The normalized spacial score (nSPS) is 16.2. The molecule has 3 aromatic carbocycles. The number of pyridine rings is 5. The van der Waals surface area contributed by atoms with E-state index in [2.05, 4.69) is 51.5 Å². The Labute approximate surface area is 747 Å². The molecule has 0 radical (unpaired) electrons. The van der Waals surface area contributed by atoms with Gasteiger partial charge in [0.15, 0.2) is 57.8 Å². The molecule has 8 heterocycles. The number of carbonyl (C=O) groups excluding carboxylic acids is 8. The second-order valence-electron chi connectivity index (χ2n) is 32.7. The lowest BCUT2D eigenvalue weighted by atomic mass is 9.90. The third kappa shape index (κ3) is 32.8. The fourth-order valence-corrected chi connectivity index (χ4v) is 12.8. The molecule has 0 bridgehead atoms. The number of amides is 8. The number of carbonyl (C=O) groups is 9. The largest absolute Gasteiger partial charge is 0.493 e. The number of nitrogens with one attached hydrogen (secondary N) is 5. The van der Waals surface area contributed by atoms with E-state index in [-0.39, 0.29) is 117 Å². The summed E-state index contributed by atoms with van der Waals surface area (Å²) in [4.78, 5) is 153. The molecular weight excluding hydrogens is 1710 g/mol. The van der Waals surface area contributed by atoms with Gasteiger partial charge < -0.3 is 85.5 Å². The number of aliphatic carboxylic acids is 1. The molecule has 700 valence electrons. The van der Waals surface area contributed by atoms with Crippen molar-refractivity contribution in [3.8, 4) is 28.7 Å². The molecule has 12 N–H and O–H groups in total. The minimum absolute atomic E-state index is 0.0577. The molecule has 3 saturated heterocycles. The number of aromatic nitrogens is 5. The molecule has 3 aliphatic rings. The van der Waals surface area contributed by atoms with Gasteiger partial charge in [0.05, 0.1) is 111 Å². The van der Waals surface area contributed by atoms with Gasteiger partial charge in [0.1, 0.15) is 46.6 Å². The molecular formula is C87H109F3N18O22. The van der Waals surface area contributed by atoms with Crippen molar-refractivity contribution < 1.29 is 109 Å². The highest BCUT2D eigenvalue weighted by molar-refractivity contribution is 6.40. The Morgan fingerprint density at radius 2 is 0.677 bits per heavy atom. The molecule has 130 heavy (non-hydrogen) atoms. The van der Waals surface area contributed by atoms with Crippen LogP contribution in [-0.4, -0.2) is 180 Å². The average Bonchev–Trinajstić information content (AvgIpc) is 0.809. The molecule has 11 rings (SSSR count). The molecule has 8 amide bonds. The first-order valence-corrected chi connectivity index (χ1v) is 40.3. The Morgan fingerprint density at radius 3 is 1.01 bits per heavy atom. The number of nitrogens with two attached hydrogens (primary N) is 3. The van der Waals surface area contributed by atoms with E-state index in [0.29, 0.717) is 61.8 Å². The Bertz CT molecular complexity index is 5280. The van der Waals surface area contributed by atoms with E-state index in [9.17, 15) is 76.6 Å². The zero-order valence-corrected chi connectivity index (χ0v) is 74.9. The molecule has 0 spiro atoms. The molecule has 0 saturated carbocycles. The summed E-state index contributed by atoms with van der Waals surface area (Å²) in [6.45, 7) is 23.0. The van der Waals surface area contributed by atoms with E-state index in [0.717, 1.165) is 48.3 Å². The Kier molecular flexibility index (Phi) is 38.0. The zero-order valence-electron chi connectivity index (χ0n) is 74.9. The number of rotatable bonds is 15. The van der Waals surface area contributed by atoms with Gasteiger partial charge in [-0.25, -0.2) is 57.3 Å². The number of nitro groups is 2. The second kappa shape index (κ2) is 47.6. The standard InChI is InChI=1S/C25H31FN4O5.C20H23FN4O3.C14H16FNO3.C11H15N3O5.C11H17N3O3.C6H7N3O3/c1-15-6-11-19(16-7-9-17(26)10-8-16)30(14-15)23(32)22(31)28-18-12-20(34-5)21(27-13-18)29-24(33)35-25(2,3)4;1-12-3-8-16(13-4-6-14(21)7-5-13)25(11-12)20(27)19(26)24-15-9-17(28-2)18(22)23-10-15;1-9-2-7-12(10-3-5-11(15)6-4-10)16(8-9)13(17)14(18)19;1-11(2,3)19-10(15)13-9-8(18-4)5-7(6-12-9)14(16)17;1-11(2,3)17-10(15)14-9-8(16-4)5-7(12)6-13-9;1-12-5-2-4(9(10)11)3-8-6(5)7/h7-10,12-13,15,19H,6,11,14H2,1-5H3,(H,28,31)(H,27,29,33);4-7,9-10,12,16H,3,8,11H2,1-2H3,(H2,22,23)(H,24,26);3-6,9,12H,2,7-8H2,1H3,(H,18,19);5-6H,1-4H3,(H,12,13,15);5-6H,12H2,1-4H3,(H,13,14,15);2-3H,1H3,(H2,7,8)/t15-,19+;12-,16+;;;;/m11..../s1. The van der Waals surface area contributed by atoms with Crippen LogP contribution < -0.4 is 67.5 Å². The van der Waals surface area contributed by atoms with Crippen molar-refractivity contribution in [2.75, 3.05) is 99.0 Å². The number of hydrogen-bond donors (Lipinski definition) is 9. The summed E-state index contributed by atoms with van der Waals surface area (Å²) in [5.41, 5.74) is 17.6. The number of ether oxygens (including phenoxy) is 8. The predicted molar refractivity (Wildman–Crippen MR) is 473 cm³/mol. The van der Waals surface area contributed by atoms with Crippen LogP contribution in [0.15, 0.2) is 134 Å². The number of piperidine rings is 3. The first-order valence-electron chi connectivity index (χ1n) is 40.3. The molecule has 43 heteroatoms. The third-order valence-corrected chi connectivity index (χ3v) is 18.8. The summed E-state index contributed by atoms with van der Waals surface area (Å²) >= 11 is 0. The summed E-state index contributed by atoms with van der Waals surface area (Å²) in [6.07, 6.45) is 9.00. The van der Waals surface area contributed by atoms with Gasteiger partial charge in [-0.1, -0.05) is 57.2 Å². The first kappa shape index (κ1) is 104. The van der Waals surface area contributed by atoms with Crippen LogP contribution in [0, 0.1) is 55.4 Å². The number of anilines is 8. The lowest BCUT2D eigenvalue weighted by Gasteiger charge is -2.38. The highest BCUT2D eigenvalue weighted by Crippen LogP contribution is 2.39. The van der Waals surface area contributed by atoms with Gasteiger partial charge in [-0.2, -0.15) is 0 Å². The number of hydrogen-bond acceptors (Lipinski definition) is 29. The van der Waals surface area contributed by atoms with Gasteiger partial charge in [-0.15, -0.1) is 0 Å². The minimum atomic E-state index is -1.44. The smallest absolute Gasteiger partial charge is 0.413 e. The molecule has 0 aliphatic carbocycles. The molecule has 40 nitrogen and oxygen atoms in total. The lowest BCUT2D eigenvalue weighted by molar-refractivity contribution is -0.385. The van der Waals surface area contributed by atoms with E-state index in [1.165, 1.54) is 125 Å². The van der Waals surface area contributed by atoms with E-state index in [4.69, 9.17) is 60.2 Å². The van der Waals surface area contributed by atoms with E-state index in [1.807, 2.05) is 20.8 Å². The van der Waals surface area contributed by atoms with Crippen molar-refractivity contribution in [1.82, 2.24) is 39.6 Å². The monoisotopic (exact) mass is 1810 g/mol. The van der Waals surface area contributed by atoms with Crippen molar-refractivity contribution in [2.45, 2.75) is 157 Å². The maximum Gasteiger partial charge on any atom is 0.413 e. The van der Waals surface area contributed by atoms with Crippen LogP contribution in [0.2, 0.25) is 0 Å². The van der Waals surface area contributed by atoms with Crippen molar-refractivity contribution >= 4 is 111 Å². The minimum Gasteiger partial charge on any atom is -0.493 e. The number of nitrogen functional groups attached to an aromatic ring is 3. The highest BCUT2D eigenvalue weighted by Gasteiger charge is 2.38. The quantitative estimate of drug-likeness (QED) is 0.0199. The molecule has 8 aromatic rings. The van der Waals surface area contributed by atoms with E-state index >= 15 is 0 Å². The molecule has 3 fully saturated rings. The van der Waals surface area contributed by atoms with Crippen molar-refractivity contribution in [3.05, 3.63) is 188 Å². The fourth-order valence-electron chi connectivity index (χ4n) is 12.8. The maximum absolute atomic E-state index is 13.4. The van der Waals surface area contributed by atoms with Gasteiger partial charge in [-0.3, -0.25) is 60.2 Å². The molecule has 2 unspecified atom stereocenters. The lowest BCUT2D eigenvalue weighted by Crippen LogP contribution is -2.46. The van der Waals surface area contributed by atoms with Crippen LogP contribution in [0.1, 0.15) is 156 Å². The number of nitrogens with zero attached hydrogens (tertiary/aromatic N) is 10. The van der Waals surface area contributed by atoms with Crippen LogP contribution in [-0.2, 0) is 43.0 Å². The van der Waals surface area contributed by atoms with Crippen LogP contribution in [0.5, 0.6) is 28.7 Å². The Morgan fingerprint density at radius 1 is 0.400 bits per heavy atom. The second-order valence-corrected chi connectivity index (χ2v) is 32.7. The average molecular weight is 1820 g/mol. The number of carboxylic acid groups (broad SMARTS) is 1. The third-order valence-electron chi connectivity index (χ3n) is 18.8. The van der Waals surface area contributed by atoms with Crippen molar-refractivity contribution in [2.24, 2.45) is 17.8 Å². The Balaban J connectivity index is 0.000000248. The number of carboxylic acids is 1. The number of benzene rings is 3. The topological polar surface area (TPSA) is 546 Å². The maximum atomic E-state index is 13.4. The molecule has 5 aromatic heterocycles. The van der Waals surface area contributed by atoms with Crippen LogP contribution >= 0.6 is 0 Å². The molecule has 3 aliphatic heterocycles. The van der Waals surface area contributed by atoms with Crippen LogP contribution in [0.3, 0.4) is 0 Å². The van der Waals surface area contributed by atoms with Gasteiger partial charge in [0.25, 0.3) is 11.4 Å². The van der Waals surface area contributed by atoms with Gasteiger partial charge >= 0.3 is 53.8 Å². The summed E-state index contributed by atoms with van der Waals surface area (Å²) in [7, 11) is 6.98. The van der Waals surface area contributed by atoms with Gasteiger partial charge in [-0.05, 0) is 172 Å². The zero-order chi connectivity index (χ0) is 96.8. The fraction of sp³-hybridized carbons (Fsp3) is 0.402. The number of likely N-dealkylation sites (tertiary alicyclic amines) is 3. The summed E-state index contributed by atoms with van der Waals surface area (Å²) in [5.74, 6) is -3.61.